The van der Waals surface area contributed by atoms with E-state index in [-0.39, 0.29) is 10.9 Å². The summed E-state index contributed by atoms with van der Waals surface area (Å²) in [6, 6.07) is 0. The summed E-state index contributed by atoms with van der Waals surface area (Å²) in [6.45, 7) is 0.804. The van der Waals surface area contributed by atoms with Crippen LogP contribution in [0.3, 0.4) is 0 Å². The highest BCUT2D eigenvalue weighted by molar-refractivity contribution is 7.71. The van der Waals surface area contributed by atoms with E-state index in [9.17, 15) is 0 Å². The third-order valence-corrected chi connectivity index (χ3v) is 1.86. The van der Waals surface area contributed by atoms with Crippen LogP contribution in [0, 0.1) is 4.84 Å². The Labute approximate surface area is 68.5 Å². The molecule has 0 bridgehead atoms. The Morgan fingerprint density at radius 1 is 1.64 bits per heavy atom. The van der Waals surface area contributed by atoms with E-state index in [0.717, 1.165) is 19.4 Å². The van der Waals surface area contributed by atoms with Crippen LogP contribution in [0.1, 0.15) is 24.8 Å². The lowest BCUT2D eigenvalue weighted by molar-refractivity contribution is 0.103. The Balaban J connectivity index is 2.21. The Bertz CT molecular complexity index is 287. The zero-order valence-corrected chi connectivity index (χ0v) is 6.69. The first kappa shape index (κ1) is 7.00. The summed E-state index contributed by atoms with van der Waals surface area (Å²) in [7, 11) is 0. The molecule has 0 radical (unpaired) electrons. The number of aromatic nitrogens is 2. The number of hydrogen-bond acceptors (Lipinski definition) is 4. The molecular weight excluding hydrogens is 164 g/mol. The second-order valence-electron chi connectivity index (χ2n) is 2.47. The molecule has 1 N–H and O–H groups in total. The molecule has 1 saturated heterocycles. The summed E-state index contributed by atoms with van der Waals surface area (Å²) < 4.78 is 10.1. The van der Waals surface area contributed by atoms with Crippen molar-refractivity contribution in [2.75, 3.05) is 6.61 Å². The molecule has 1 aromatic heterocycles. The van der Waals surface area contributed by atoms with Gasteiger partial charge in [-0.3, -0.25) is 0 Å². The third kappa shape index (κ3) is 1.34. The van der Waals surface area contributed by atoms with Gasteiger partial charge in [0.05, 0.1) is 0 Å². The number of ether oxygens (including phenoxy) is 1. The first-order valence-electron chi connectivity index (χ1n) is 3.53. The van der Waals surface area contributed by atoms with Gasteiger partial charge in [-0.2, -0.15) is 4.98 Å². The average Bonchev–Trinajstić information content (AvgIpc) is 2.55. The molecule has 1 aromatic rings. The molecule has 0 saturated carbocycles. The van der Waals surface area contributed by atoms with Crippen LogP contribution in [0.2, 0.25) is 0 Å². The van der Waals surface area contributed by atoms with E-state index in [2.05, 4.69) is 10.1 Å². The minimum atomic E-state index is 0.0652. The largest absolute Gasteiger partial charge is 0.370 e. The predicted molar refractivity (Wildman–Crippen MR) is 39.6 cm³/mol. The van der Waals surface area contributed by atoms with Gasteiger partial charge in [-0.15, -0.1) is 0 Å². The number of H-pyrrole nitrogens is 1. The molecule has 0 aromatic carbocycles. The van der Waals surface area contributed by atoms with Crippen molar-refractivity contribution in [3.05, 3.63) is 10.7 Å². The number of rotatable bonds is 1. The van der Waals surface area contributed by atoms with Crippen molar-refractivity contribution in [1.82, 2.24) is 10.1 Å². The quantitative estimate of drug-likeness (QED) is 0.653. The van der Waals surface area contributed by atoms with Gasteiger partial charge in [0, 0.05) is 6.61 Å². The van der Waals surface area contributed by atoms with Crippen LogP contribution in [-0.2, 0) is 4.74 Å². The SMILES string of the molecule is S=c1nc(C2CCCO2)[nH]o1. The van der Waals surface area contributed by atoms with Gasteiger partial charge >= 0.3 is 4.84 Å². The molecule has 2 rings (SSSR count). The topological polar surface area (TPSA) is 51.0 Å². The molecule has 60 valence electrons. The molecule has 4 nitrogen and oxygen atoms in total. The molecule has 1 aliphatic rings. The summed E-state index contributed by atoms with van der Waals surface area (Å²) in [5.41, 5.74) is 0. The molecule has 1 unspecified atom stereocenters. The van der Waals surface area contributed by atoms with Crippen molar-refractivity contribution < 1.29 is 9.26 Å². The molecule has 0 spiro atoms. The van der Waals surface area contributed by atoms with Gasteiger partial charge in [-0.25, -0.2) is 5.16 Å². The van der Waals surface area contributed by atoms with Crippen LogP contribution >= 0.6 is 12.2 Å². The van der Waals surface area contributed by atoms with Crippen LogP contribution in [-0.4, -0.2) is 16.7 Å². The lowest BCUT2D eigenvalue weighted by atomic mass is 10.2. The maximum absolute atomic E-state index is 5.35. The van der Waals surface area contributed by atoms with Crippen LogP contribution in [0.25, 0.3) is 0 Å². The molecule has 1 fully saturated rings. The van der Waals surface area contributed by atoms with E-state index >= 15 is 0 Å². The van der Waals surface area contributed by atoms with Crippen molar-refractivity contribution in [3.63, 3.8) is 0 Å². The highest BCUT2D eigenvalue weighted by Crippen LogP contribution is 2.25. The lowest BCUT2D eigenvalue weighted by Gasteiger charge is -2.01. The minimum absolute atomic E-state index is 0.0652. The molecule has 1 atom stereocenters. The first-order chi connectivity index (χ1) is 5.36. The van der Waals surface area contributed by atoms with E-state index in [1.807, 2.05) is 0 Å². The van der Waals surface area contributed by atoms with Gasteiger partial charge in [0.15, 0.2) is 5.82 Å². The van der Waals surface area contributed by atoms with Crippen molar-refractivity contribution in [2.24, 2.45) is 0 Å². The Morgan fingerprint density at radius 3 is 3.09 bits per heavy atom. The Kier molecular flexibility index (Phi) is 1.75. The zero-order valence-electron chi connectivity index (χ0n) is 5.87. The maximum atomic E-state index is 5.35. The van der Waals surface area contributed by atoms with Crippen molar-refractivity contribution in [3.8, 4) is 0 Å². The fraction of sp³-hybridized carbons (Fsp3) is 0.667. The van der Waals surface area contributed by atoms with E-state index in [0.29, 0.717) is 5.82 Å². The summed E-state index contributed by atoms with van der Waals surface area (Å²) in [4.78, 5) is 4.21. The first-order valence-corrected chi connectivity index (χ1v) is 3.94. The molecule has 11 heavy (non-hydrogen) atoms. The highest BCUT2D eigenvalue weighted by Gasteiger charge is 2.20. The van der Waals surface area contributed by atoms with Crippen molar-refractivity contribution >= 4 is 12.2 Å². The monoisotopic (exact) mass is 172 g/mol. The van der Waals surface area contributed by atoms with E-state index < -0.39 is 0 Å². The second kappa shape index (κ2) is 2.75. The van der Waals surface area contributed by atoms with Gasteiger partial charge in [-0.1, -0.05) is 0 Å². The van der Waals surface area contributed by atoms with Gasteiger partial charge < -0.3 is 9.26 Å². The highest BCUT2D eigenvalue weighted by atomic mass is 32.1. The van der Waals surface area contributed by atoms with Crippen molar-refractivity contribution in [2.45, 2.75) is 18.9 Å². The molecule has 1 aliphatic heterocycles. The summed E-state index contributed by atoms with van der Waals surface area (Å²) in [5.74, 6) is 0.715. The van der Waals surface area contributed by atoms with Crippen LogP contribution in [0.5, 0.6) is 0 Å². The minimum Gasteiger partial charge on any atom is -0.370 e. The van der Waals surface area contributed by atoms with Crippen molar-refractivity contribution in [1.29, 1.82) is 0 Å². The van der Waals surface area contributed by atoms with E-state index in [1.54, 1.807) is 0 Å². The Morgan fingerprint density at radius 2 is 2.55 bits per heavy atom. The fourth-order valence-corrected chi connectivity index (χ4v) is 1.31. The second-order valence-corrected chi connectivity index (χ2v) is 2.82. The van der Waals surface area contributed by atoms with Gasteiger partial charge in [-0.05, 0) is 25.1 Å². The van der Waals surface area contributed by atoms with Gasteiger partial charge in [0.25, 0.3) is 0 Å². The van der Waals surface area contributed by atoms with Crippen LogP contribution < -0.4 is 0 Å². The molecule has 5 heteroatoms. The van der Waals surface area contributed by atoms with E-state index in [1.165, 1.54) is 0 Å². The average molecular weight is 172 g/mol. The molecular formula is C6H8N2O2S. The van der Waals surface area contributed by atoms with E-state index in [4.69, 9.17) is 21.5 Å². The summed E-state index contributed by atoms with van der Waals surface area (Å²) in [5, 5.41) is 2.63. The molecule has 2 heterocycles. The number of nitrogens with one attached hydrogen (secondary N) is 1. The molecule has 0 amide bonds. The summed E-state index contributed by atoms with van der Waals surface area (Å²) in [6.07, 6.45) is 2.14. The van der Waals surface area contributed by atoms with Crippen LogP contribution in [0.15, 0.2) is 4.52 Å². The lowest BCUT2D eigenvalue weighted by Crippen LogP contribution is -1.97. The standard InChI is InChI=1S/C6H8N2O2S/c11-6-7-5(8-10-6)4-2-1-3-9-4/h4H,1-3H2,(H,7,8,11). The fourth-order valence-electron chi connectivity index (χ4n) is 1.17. The zero-order chi connectivity index (χ0) is 7.68. The number of nitrogens with zero attached hydrogens (tertiary/aromatic N) is 1. The van der Waals surface area contributed by atoms with Crippen LogP contribution in [0.4, 0.5) is 0 Å². The smallest absolute Gasteiger partial charge is 0.314 e. The van der Waals surface area contributed by atoms with Gasteiger partial charge in [0.1, 0.15) is 6.10 Å². The third-order valence-electron chi connectivity index (χ3n) is 1.69. The Hall–Kier alpha value is -0.680. The normalized spacial score (nSPS) is 24.2. The molecule has 0 aliphatic carbocycles. The van der Waals surface area contributed by atoms with Gasteiger partial charge in [0.2, 0.25) is 0 Å². The number of hydrogen-bond donors (Lipinski definition) is 1. The predicted octanol–water partition coefficient (Wildman–Crippen LogP) is 1.58. The number of aromatic amines is 1. The maximum Gasteiger partial charge on any atom is 0.314 e. The summed E-state index contributed by atoms with van der Waals surface area (Å²) >= 11 is 4.70.